The molecule has 8 nitrogen and oxygen atoms in total. The zero-order valence-electron chi connectivity index (χ0n) is 33.2. The van der Waals surface area contributed by atoms with Gasteiger partial charge in [0.15, 0.2) is 6.71 Å². The van der Waals surface area contributed by atoms with E-state index in [-0.39, 0.29) is 0 Å². The molecule has 9 heteroatoms. The number of para-hydroxylation sites is 2. The molecule has 4 saturated heterocycles. The number of nitrogens with zero attached hydrogens (tertiary/aromatic N) is 6. The van der Waals surface area contributed by atoms with Gasteiger partial charge in [-0.3, -0.25) is 10.6 Å². The zero-order chi connectivity index (χ0) is 36.9. The summed E-state index contributed by atoms with van der Waals surface area (Å²) >= 11 is 0. The van der Waals surface area contributed by atoms with Crippen LogP contribution in [-0.4, -0.2) is 76.1 Å². The van der Waals surface area contributed by atoms with Gasteiger partial charge in [-0.25, -0.2) is 9.97 Å². The lowest BCUT2D eigenvalue weighted by atomic mass is 9.18. The highest BCUT2D eigenvalue weighted by molar-refractivity contribution is 6.65. The van der Waals surface area contributed by atoms with E-state index >= 15 is 0 Å². The van der Waals surface area contributed by atoms with Crippen molar-refractivity contribution < 1.29 is 0 Å². The van der Waals surface area contributed by atoms with Crippen molar-refractivity contribution in [3.63, 3.8) is 0 Å². The van der Waals surface area contributed by atoms with Crippen LogP contribution < -0.4 is 20.4 Å². The second-order valence-corrected chi connectivity index (χ2v) is 20.0. The van der Waals surface area contributed by atoms with Gasteiger partial charge in [0.25, 0.3) is 0 Å². The van der Waals surface area contributed by atoms with Crippen molar-refractivity contribution in [1.82, 2.24) is 30.4 Å². The molecule has 0 amide bonds. The summed E-state index contributed by atoms with van der Waals surface area (Å²) in [5.74, 6) is 9.53. The summed E-state index contributed by atoms with van der Waals surface area (Å²) in [7, 11) is 0. The molecule has 0 spiro atoms. The van der Waals surface area contributed by atoms with E-state index in [1.807, 2.05) is 29.6 Å². The van der Waals surface area contributed by atoms with E-state index in [1.54, 1.807) is 11.6 Å². The minimum Gasteiger partial charge on any atom is -0.352 e. The van der Waals surface area contributed by atoms with Crippen LogP contribution in [0.15, 0.2) is 102 Å². The number of anilines is 2. The Hall–Kier alpha value is -3.82. The van der Waals surface area contributed by atoms with Gasteiger partial charge in [-0.15, -0.1) is 0 Å². The smallest absolute Gasteiger partial charge is 0.159 e. The molecule has 1 aromatic heterocycles. The van der Waals surface area contributed by atoms with Gasteiger partial charge < -0.3 is 19.6 Å². The molecule has 0 radical (unpaired) electrons. The van der Waals surface area contributed by atoms with Crippen LogP contribution in [0.3, 0.4) is 0 Å². The van der Waals surface area contributed by atoms with E-state index in [1.165, 1.54) is 88.4 Å². The lowest BCUT2D eigenvalue weighted by Crippen LogP contribution is -2.73. The quantitative estimate of drug-likeness (QED) is 0.263. The highest BCUT2D eigenvalue weighted by atomic mass is 15.5. The van der Waals surface area contributed by atoms with Crippen molar-refractivity contribution in [2.24, 2.45) is 23.7 Å². The molecule has 3 saturated carbocycles. The third-order valence-electron chi connectivity index (χ3n) is 18.0. The first-order chi connectivity index (χ1) is 28.3. The van der Waals surface area contributed by atoms with E-state index in [0.717, 1.165) is 37.3 Å². The van der Waals surface area contributed by atoms with E-state index in [9.17, 15) is 0 Å². The fraction of sp³-hybridized carbons (Fsp3) is 0.583. The van der Waals surface area contributed by atoms with Crippen molar-refractivity contribution in [2.45, 2.75) is 137 Å². The Labute approximate surface area is 338 Å². The molecule has 3 aliphatic carbocycles. The number of nitrogens with one attached hydrogen (secondary N) is 2. The summed E-state index contributed by atoms with van der Waals surface area (Å²) in [6.45, 7) is 3.05. The molecule has 11 aliphatic rings. The summed E-state index contributed by atoms with van der Waals surface area (Å²) in [6, 6.07) is 27.4. The van der Waals surface area contributed by atoms with Crippen LogP contribution in [-0.2, 0) is 0 Å². The van der Waals surface area contributed by atoms with Crippen LogP contribution in [0.1, 0.15) is 88.8 Å². The maximum atomic E-state index is 5.09. The SMILES string of the molecule is c1ccc(N2C3=C(C4CCCNC42)C2CCCC4B5C6CCCC7C8=C(N(c9ccccc9)C9NCCCC89)N(C8CC(c9ncccn9)CC(C58)N3C42)C67)cc1. The van der Waals surface area contributed by atoms with Crippen LogP contribution in [0.5, 0.6) is 0 Å². The Morgan fingerprint density at radius 1 is 0.544 bits per heavy atom. The fourth-order valence-corrected chi connectivity index (χ4v) is 16.7. The highest BCUT2D eigenvalue weighted by Gasteiger charge is 2.72. The van der Waals surface area contributed by atoms with Crippen LogP contribution in [0.25, 0.3) is 0 Å². The first-order valence-corrected chi connectivity index (χ1v) is 23.3. The maximum Gasteiger partial charge on any atom is 0.159 e. The molecule has 8 aliphatic heterocycles. The van der Waals surface area contributed by atoms with Gasteiger partial charge in [0, 0.05) is 77.5 Å². The summed E-state index contributed by atoms with van der Waals surface area (Å²) in [5, 5.41) is 8.23. The number of benzene rings is 2. The zero-order valence-corrected chi connectivity index (χ0v) is 33.2. The lowest BCUT2D eigenvalue weighted by Gasteiger charge is -2.68. The minimum absolute atomic E-state index is 0.351. The van der Waals surface area contributed by atoms with Crippen LogP contribution >= 0.6 is 0 Å². The van der Waals surface area contributed by atoms with Crippen molar-refractivity contribution >= 4 is 18.1 Å². The summed E-state index contributed by atoms with van der Waals surface area (Å²) in [4.78, 5) is 22.3. The number of rotatable bonds is 3. The molecule has 3 aromatic rings. The normalized spacial score (nSPS) is 42.0. The van der Waals surface area contributed by atoms with E-state index in [0.29, 0.717) is 71.9 Å². The van der Waals surface area contributed by atoms with Crippen molar-refractivity contribution in [3.05, 3.63) is 108 Å². The third-order valence-corrected chi connectivity index (χ3v) is 18.0. The first kappa shape index (κ1) is 33.1. The van der Waals surface area contributed by atoms with E-state index in [4.69, 9.17) is 9.97 Å². The van der Waals surface area contributed by atoms with Crippen molar-refractivity contribution in [2.75, 3.05) is 22.9 Å². The largest absolute Gasteiger partial charge is 0.352 e. The van der Waals surface area contributed by atoms with Gasteiger partial charge in [0.2, 0.25) is 0 Å². The molecule has 12 unspecified atom stereocenters. The number of piperidine rings is 2. The van der Waals surface area contributed by atoms with Crippen LogP contribution in [0, 0.1) is 23.7 Å². The third kappa shape index (κ3) is 4.33. The number of aromatic nitrogens is 2. The molecule has 2 N–H and O–H groups in total. The van der Waals surface area contributed by atoms with E-state index < -0.39 is 0 Å². The van der Waals surface area contributed by atoms with Crippen molar-refractivity contribution in [1.29, 1.82) is 0 Å². The van der Waals surface area contributed by atoms with Gasteiger partial charge in [-0.05, 0) is 123 Å². The maximum absolute atomic E-state index is 5.09. The summed E-state index contributed by atoms with van der Waals surface area (Å²) in [5.41, 5.74) is 6.47. The van der Waals surface area contributed by atoms with Crippen LogP contribution in [0.4, 0.5) is 11.4 Å². The number of fused-ring (bicyclic) bond motifs is 12. The number of hydrogen-bond donors (Lipinski definition) is 2. The molecule has 57 heavy (non-hydrogen) atoms. The predicted octanol–water partition coefficient (Wildman–Crippen LogP) is 7.81. The minimum atomic E-state index is 0.351. The summed E-state index contributed by atoms with van der Waals surface area (Å²) < 4.78 is 0. The standard InChI is InChI=1S/C48H57BN8/c1-3-12-29(13-4-1)54-45-33(18-9-22-52-45)39-31-16-7-20-35-42(31)56(47(39)54)37-26-28(44-50-24-11-25-51-44)27-38-41(37)49(35)36-21-8-17-32-40-34-19-10-23-53-46(34)55(30-14-5-2-6-15-30)48(40)57(38)43(32)36/h1-6,11-15,24-25,28,31-38,41-43,45-46,52-53H,7-10,16-23,26-27H2. The molecule has 7 fully saturated rings. The first-order valence-electron chi connectivity index (χ1n) is 23.3. The second-order valence-electron chi connectivity index (χ2n) is 20.0. The molecule has 12 atom stereocenters. The van der Waals surface area contributed by atoms with Gasteiger partial charge in [-0.2, -0.15) is 0 Å². The Kier molecular flexibility index (Phi) is 7.17. The molecule has 0 bridgehead atoms. The molecule has 2 aromatic carbocycles. The van der Waals surface area contributed by atoms with Gasteiger partial charge in [0.05, 0.1) is 12.3 Å². The van der Waals surface area contributed by atoms with Gasteiger partial charge in [-0.1, -0.05) is 62.1 Å². The molecule has 292 valence electrons. The Balaban J connectivity index is 0.975. The van der Waals surface area contributed by atoms with Gasteiger partial charge in [0.1, 0.15) is 17.5 Å². The second kappa shape index (κ2) is 12.4. The Morgan fingerprint density at radius 2 is 1.04 bits per heavy atom. The Bertz CT molecular complexity index is 2000. The summed E-state index contributed by atoms with van der Waals surface area (Å²) in [6.07, 6.45) is 20.8. The highest BCUT2D eigenvalue weighted by Crippen LogP contribution is 2.71. The number of hydrogen-bond acceptors (Lipinski definition) is 8. The molecular formula is C48H57BN8. The topological polar surface area (TPSA) is 62.8 Å². The average Bonchev–Trinajstić information content (AvgIpc) is 4.00. The molecular weight excluding hydrogens is 699 g/mol. The molecule has 14 rings (SSSR count). The van der Waals surface area contributed by atoms with Gasteiger partial charge >= 0.3 is 0 Å². The molecule has 9 heterocycles. The van der Waals surface area contributed by atoms with Crippen LogP contribution in [0.2, 0.25) is 17.5 Å². The average molecular weight is 757 g/mol. The van der Waals surface area contributed by atoms with Crippen molar-refractivity contribution in [3.8, 4) is 0 Å². The predicted molar refractivity (Wildman–Crippen MR) is 225 cm³/mol. The lowest BCUT2D eigenvalue weighted by molar-refractivity contribution is 0.00724. The Morgan fingerprint density at radius 3 is 1.54 bits per heavy atom. The van der Waals surface area contributed by atoms with E-state index in [2.05, 4.69) is 90.9 Å². The monoisotopic (exact) mass is 756 g/mol. The fourth-order valence-electron chi connectivity index (χ4n) is 16.7.